The van der Waals surface area contributed by atoms with Gasteiger partial charge in [-0.05, 0) is 86.2 Å². The summed E-state index contributed by atoms with van der Waals surface area (Å²) in [6.07, 6.45) is 16.8. The SMILES string of the molecule is C#C/C=C(\C=C/C)C(/C)=C/c1nc(-c2ccc(-c3ccc(CCCN)cc3)cc2)cc(C(C)=O)c1C=C.CO. The molecular weight excluding hydrogens is 480 g/mol. The zero-order chi connectivity index (χ0) is 28.8. The van der Waals surface area contributed by atoms with Crippen LogP contribution in [0.15, 0.2) is 90.6 Å². The van der Waals surface area contributed by atoms with Crippen LogP contribution in [0.3, 0.4) is 0 Å². The maximum atomic E-state index is 12.6. The Labute approximate surface area is 233 Å². The van der Waals surface area contributed by atoms with Gasteiger partial charge in [-0.25, -0.2) is 4.98 Å². The van der Waals surface area contributed by atoms with Crippen LogP contribution >= 0.6 is 0 Å². The van der Waals surface area contributed by atoms with Crippen LogP contribution in [0.4, 0.5) is 0 Å². The Balaban J connectivity index is 0.00000260. The van der Waals surface area contributed by atoms with Gasteiger partial charge in [0, 0.05) is 23.8 Å². The van der Waals surface area contributed by atoms with E-state index in [1.807, 2.05) is 50.3 Å². The average Bonchev–Trinajstić information content (AvgIpc) is 2.97. The van der Waals surface area contributed by atoms with E-state index in [1.165, 1.54) is 5.56 Å². The lowest BCUT2D eigenvalue weighted by atomic mass is 9.96. The number of aliphatic hydroxyl groups is 1. The van der Waals surface area contributed by atoms with E-state index in [9.17, 15) is 4.79 Å². The van der Waals surface area contributed by atoms with Gasteiger partial charge in [0.15, 0.2) is 5.78 Å². The average molecular weight is 519 g/mol. The largest absolute Gasteiger partial charge is 0.400 e. The lowest BCUT2D eigenvalue weighted by molar-refractivity contribution is 0.101. The fourth-order valence-electron chi connectivity index (χ4n) is 4.19. The number of carbonyl (C=O) groups is 1. The Kier molecular flexibility index (Phi) is 12.6. The zero-order valence-corrected chi connectivity index (χ0v) is 23.4. The number of carbonyl (C=O) groups excluding carboxylic acids is 1. The van der Waals surface area contributed by atoms with Crippen molar-refractivity contribution in [2.75, 3.05) is 13.7 Å². The molecule has 0 bridgehead atoms. The molecule has 3 rings (SSSR count). The van der Waals surface area contributed by atoms with E-state index in [0.717, 1.165) is 53.5 Å². The summed E-state index contributed by atoms with van der Waals surface area (Å²) in [5.74, 6) is 2.55. The highest BCUT2D eigenvalue weighted by atomic mass is 16.2. The van der Waals surface area contributed by atoms with Crippen LogP contribution in [0.1, 0.15) is 54.4 Å². The second kappa shape index (κ2) is 15.8. The van der Waals surface area contributed by atoms with E-state index in [-0.39, 0.29) is 5.78 Å². The second-order valence-electron chi connectivity index (χ2n) is 8.87. The van der Waals surface area contributed by atoms with Crippen LogP contribution in [-0.4, -0.2) is 29.5 Å². The molecule has 0 atom stereocenters. The zero-order valence-electron chi connectivity index (χ0n) is 23.4. The van der Waals surface area contributed by atoms with Crippen molar-refractivity contribution in [3.8, 4) is 34.7 Å². The van der Waals surface area contributed by atoms with Gasteiger partial charge in [-0.1, -0.05) is 79.3 Å². The molecule has 0 amide bonds. The van der Waals surface area contributed by atoms with Gasteiger partial charge in [-0.15, -0.1) is 6.42 Å². The summed E-state index contributed by atoms with van der Waals surface area (Å²) in [6.45, 7) is 10.1. The van der Waals surface area contributed by atoms with E-state index < -0.39 is 0 Å². The fraction of sp³-hybridized carbons (Fsp3) is 0.200. The number of nitrogens with zero attached hydrogens (tertiary/aromatic N) is 1. The monoisotopic (exact) mass is 518 g/mol. The number of terminal acetylenes is 1. The highest BCUT2D eigenvalue weighted by Crippen LogP contribution is 2.29. The van der Waals surface area contributed by atoms with Gasteiger partial charge >= 0.3 is 0 Å². The highest BCUT2D eigenvalue weighted by Gasteiger charge is 2.14. The first kappa shape index (κ1) is 30.9. The number of ketones is 1. The van der Waals surface area contributed by atoms with Crippen LogP contribution in [-0.2, 0) is 6.42 Å². The molecule has 2 aromatic carbocycles. The van der Waals surface area contributed by atoms with Crippen molar-refractivity contribution in [3.63, 3.8) is 0 Å². The number of hydrogen-bond acceptors (Lipinski definition) is 4. The summed E-state index contributed by atoms with van der Waals surface area (Å²) in [5.41, 5.74) is 14.7. The van der Waals surface area contributed by atoms with Crippen molar-refractivity contribution < 1.29 is 9.90 Å². The molecule has 0 radical (unpaired) electrons. The van der Waals surface area contributed by atoms with Crippen molar-refractivity contribution in [3.05, 3.63) is 113 Å². The first-order valence-corrected chi connectivity index (χ1v) is 12.9. The Morgan fingerprint density at radius 3 is 2.15 bits per heavy atom. The van der Waals surface area contributed by atoms with Crippen molar-refractivity contribution in [1.29, 1.82) is 0 Å². The molecule has 0 aliphatic carbocycles. The van der Waals surface area contributed by atoms with Crippen LogP contribution in [0.2, 0.25) is 0 Å². The Bertz CT molecular complexity index is 1400. The molecule has 0 saturated heterocycles. The molecule has 4 nitrogen and oxygen atoms in total. The van der Waals surface area contributed by atoms with E-state index in [2.05, 4.69) is 48.9 Å². The normalized spacial score (nSPS) is 11.5. The third-order valence-electron chi connectivity index (χ3n) is 6.20. The molecule has 0 unspecified atom stereocenters. The molecule has 1 heterocycles. The topological polar surface area (TPSA) is 76.2 Å². The predicted octanol–water partition coefficient (Wildman–Crippen LogP) is 7.30. The number of aromatic nitrogens is 1. The number of allylic oxidation sites excluding steroid dienone is 5. The first-order valence-electron chi connectivity index (χ1n) is 12.9. The number of rotatable bonds is 10. The molecule has 1 aromatic heterocycles. The van der Waals surface area contributed by atoms with Crippen LogP contribution in [0.25, 0.3) is 34.5 Å². The van der Waals surface area contributed by atoms with Gasteiger partial charge in [-0.2, -0.15) is 0 Å². The van der Waals surface area contributed by atoms with Crippen LogP contribution < -0.4 is 5.73 Å². The summed E-state index contributed by atoms with van der Waals surface area (Å²) in [4.78, 5) is 17.5. The summed E-state index contributed by atoms with van der Waals surface area (Å²) in [6, 6.07) is 18.7. The third-order valence-corrected chi connectivity index (χ3v) is 6.20. The van der Waals surface area contributed by atoms with E-state index in [1.54, 1.807) is 19.1 Å². The first-order chi connectivity index (χ1) is 18.9. The van der Waals surface area contributed by atoms with Gasteiger partial charge in [-0.3, -0.25) is 4.79 Å². The fourth-order valence-corrected chi connectivity index (χ4v) is 4.19. The van der Waals surface area contributed by atoms with Gasteiger partial charge < -0.3 is 10.8 Å². The second-order valence-corrected chi connectivity index (χ2v) is 8.87. The smallest absolute Gasteiger partial charge is 0.160 e. The minimum atomic E-state index is -0.0370. The Hall–Kier alpha value is -4.30. The highest BCUT2D eigenvalue weighted by molar-refractivity contribution is 5.99. The standard InChI is InChI=1S/C34H34N2O.CH4O/c1-6-10-27(11-7-2)24(4)22-34-31(8-3)32(25(5)37)23-33(36-34)30-19-17-29(18-20-30)28-15-13-26(14-16-28)12-9-21-35;1-2/h1,7-8,10-11,13-20,22-23H,3,9,12,21,35H2,2,4-5H3;2H,1H3/b11-7-,24-22+,27-10+;. The molecule has 4 heteroatoms. The summed E-state index contributed by atoms with van der Waals surface area (Å²) in [5, 5.41) is 7.00. The van der Waals surface area contributed by atoms with Gasteiger partial charge in [0.1, 0.15) is 0 Å². The number of benzene rings is 2. The molecule has 0 fully saturated rings. The summed E-state index contributed by atoms with van der Waals surface area (Å²) < 4.78 is 0. The number of aliphatic hydroxyl groups excluding tert-OH is 1. The quantitative estimate of drug-likeness (QED) is 0.168. The van der Waals surface area contributed by atoms with Crippen molar-refractivity contribution in [2.45, 2.75) is 33.6 Å². The number of pyridine rings is 1. The van der Waals surface area contributed by atoms with Crippen LogP contribution in [0, 0.1) is 12.3 Å². The molecule has 3 aromatic rings. The van der Waals surface area contributed by atoms with Crippen LogP contribution in [0.5, 0.6) is 0 Å². The van der Waals surface area contributed by atoms with Crippen molar-refractivity contribution >= 4 is 17.9 Å². The number of nitrogens with two attached hydrogens (primary N) is 1. The number of hydrogen-bond donors (Lipinski definition) is 2. The minimum absolute atomic E-state index is 0.0370. The lowest BCUT2D eigenvalue weighted by Crippen LogP contribution is -2.03. The maximum Gasteiger partial charge on any atom is 0.160 e. The third kappa shape index (κ3) is 8.35. The number of Topliss-reactive ketones (excluding diaryl/α,β-unsaturated/α-hetero) is 1. The predicted molar refractivity (Wildman–Crippen MR) is 166 cm³/mol. The van der Waals surface area contributed by atoms with Gasteiger partial charge in [0.2, 0.25) is 0 Å². The van der Waals surface area contributed by atoms with E-state index >= 15 is 0 Å². The van der Waals surface area contributed by atoms with E-state index in [0.29, 0.717) is 23.4 Å². The Morgan fingerprint density at radius 1 is 1.05 bits per heavy atom. The summed E-state index contributed by atoms with van der Waals surface area (Å²) >= 11 is 0. The van der Waals surface area contributed by atoms with Crippen molar-refractivity contribution in [2.24, 2.45) is 5.73 Å². The van der Waals surface area contributed by atoms with Gasteiger partial charge in [0.25, 0.3) is 0 Å². The molecule has 39 heavy (non-hydrogen) atoms. The Morgan fingerprint density at radius 2 is 1.64 bits per heavy atom. The maximum absolute atomic E-state index is 12.6. The minimum Gasteiger partial charge on any atom is -0.400 e. The molecular formula is C35H38N2O2. The van der Waals surface area contributed by atoms with E-state index in [4.69, 9.17) is 22.2 Å². The molecule has 0 aliphatic rings. The molecule has 0 aliphatic heterocycles. The molecule has 3 N–H and O–H groups in total. The molecule has 0 spiro atoms. The summed E-state index contributed by atoms with van der Waals surface area (Å²) in [7, 11) is 1.00. The lowest BCUT2D eigenvalue weighted by Gasteiger charge is -2.12. The molecule has 200 valence electrons. The number of aryl methyl sites for hydroxylation is 1. The van der Waals surface area contributed by atoms with Gasteiger partial charge in [0.05, 0.1) is 11.4 Å². The molecule has 0 saturated carbocycles. The van der Waals surface area contributed by atoms with Crippen molar-refractivity contribution in [1.82, 2.24) is 4.98 Å².